The number of aliphatic imine (C=N–C) groups is 1. The summed E-state index contributed by atoms with van der Waals surface area (Å²) in [7, 11) is 0. The van der Waals surface area contributed by atoms with Crippen molar-refractivity contribution in [3.63, 3.8) is 0 Å². The number of esters is 1. The van der Waals surface area contributed by atoms with E-state index >= 15 is 0 Å². The summed E-state index contributed by atoms with van der Waals surface area (Å²) in [5.74, 6) is -1.09. The van der Waals surface area contributed by atoms with Crippen molar-refractivity contribution in [2.75, 3.05) is 6.61 Å². The molecule has 0 radical (unpaired) electrons. The summed E-state index contributed by atoms with van der Waals surface area (Å²) in [5.41, 5.74) is 0.723. The highest BCUT2D eigenvalue weighted by Gasteiger charge is 2.28. The number of carbonyl (C=O) groups excluding carboxylic acids is 3. The smallest absolute Gasteiger partial charge is 0.442 e. The van der Waals surface area contributed by atoms with Gasteiger partial charge in [-0.15, -0.1) is 4.99 Å². The Labute approximate surface area is 257 Å². The lowest BCUT2D eigenvalue weighted by atomic mass is 9.98. The highest BCUT2D eigenvalue weighted by Crippen LogP contribution is 2.25. The van der Waals surface area contributed by atoms with Gasteiger partial charge in [-0.25, -0.2) is 9.59 Å². The highest BCUT2D eigenvalue weighted by molar-refractivity contribution is 7.78. The third kappa shape index (κ3) is 11.4. The Morgan fingerprint density at radius 2 is 1.53 bits per heavy atom. The minimum atomic E-state index is -0.825. The molecular weight excluding hydrogens is 566 g/mol. The summed E-state index contributed by atoms with van der Waals surface area (Å²) in [5, 5.41) is 4.64. The van der Waals surface area contributed by atoms with Crippen molar-refractivity contribution >= 4 is 35.3 Å². The van der Waals surface area contributed by atoms with Gasteiger partial charge in [0.2, 0.25) is 0 Å². The molecule has 0 unspecified atom stereocenters. The Bertz CT molecular complexity index is 1410. The number of hydrogen-bond donors (Lipinski definition) is 1. The number of aromatic nitrogens is 1. The molecule has 2 amide bonds. The first-order chi connectivity index (χ1) is 20.5. The number of benzene rings is 2. The first-order valence-corrected chi connectivity index (χ1v) is 14.5. The van der Waals surface area contributed by atoms with Crippen molar-refractivity contribution in [2.24, 2.45) is 4.99 Å². The minimum absolute atomic E-state index is 0.0191. The molecule has 1 atom stereocenters. The summed E-state index contributed by atoms with van der Waals surface area (Å²) in [6, 6.07) is 21.3. The zero-order valence-corrected chi connectivity index (χ0v) is 26.1. The Morgan fingerprint density at radius 1 is 0.953 bits per heavy atom. The normalized spacial score (nSPS) is 11.3. The van der Waals surface area contributed by atoms with Crippen LogP contribution in [0.3, 0.4) is 0 Å². The van der Waals surface area contributed by atoms with E-state index in [-0.39, 0.29) is 5.56 Å². The first-order valence-electron chi connectivity index (χ1n) is 14.1. The second-order valence-electron chi connectivity index (χ2n) is 10.5. The van der Waals surface area contributed by atoms with E-state index in [1.54, 1.807) is 44.5 Å². The summed E-state index contributed by atoms with van der Waals surface area (Å²) in [6.07, 6.45) is 3.06. The molecule has 228 valence electrons. The molecule has 0 bridgehead atoms. The van der Waals surface area contributed by atoms with Crippen molar-refractivity contribution in [1.29, 1.82) is 0 Å². The Morgan fingerprint density at radius 3 is 2.02 bits per heavy atom. The van der Waals surface area contributed by atoms with Crippen molar-refractivity contribution in [3.8, 4) is 0 Å². The van der Waals surface area contributed by atoms with Crippen molar-refractivity contribution < 1.29 is 23.9 Å². The van der Waals surface area contributed by atoms with Crippen LogP contribution >= 0.6 is 12.2 Å². The molecular formula is C33H39N3O6S. The maximum absolute atomic E-state index is 13.6. The second kappa shape index (κ2) is 17.5. The topological polar surface area (TPSA) is 116 Å². The fraction of sp³-hybridized carbons (Fsp3) is 0.364. The average Bonchev–Trinajstić information content (AvgIpc) is 2.97. The van der Waals surface area contributed by atoms with Gasteiger partial charge in [0, 0.05) is 6.20 Å². The second-order valence-corrected chi connectivity index (χ2v) is 10.6. The molecule has 9 nitrogen and oxygen atoms in total. The summed E-state index contributed by atoms with van der Waals surface area (Å²) in [6.45, 7) is 9.37. The van der Waals surface area contributed by atoms with E-state index in [1.165, 1.54) is 6.07 Å². The quantitative estimate of drug-likeness (QED) is 0.162. The van der Waals surface area contributed by atoms with Crippen LogP contribution in [0.1, 0.15) is 81.4 Å². The Hall–Kier alpha value is -4.40. The number of carbonyl (C=O) groups is 3. The number of unbranched alkanes of at least 4 members (excludes halogenated alkanes) is 1. The molecule has 10 heteroatoms. The van der Waals surface area contributed by atoms with Gasteiger partial charge in [-0.1, -0.05) is 80.4 Å². The van der Waals surface area contributed by atoms with Crippen LogP contribution in [0, 0.1) is 0 Å². The van der Waals surface area contributed by atoms with Crippen LogP contribution in [-0.2, 0) is 14.3 Å². The molecule has 1 aromatic heterocycles. The molecule has 0 saturated heterocycles. The standard InChI is InChI=1S/C29H34N2O4.C4H5NO2S/c1-5-6-19-24(28(34)35-29(2,3)4)30-26(32)23-18-13-20-31(27(23)33)25(21-14-9-7-10-15-21)22-16-11-8-12-17-22;1-2-7-4(6)5-3-8/h7-18,20,24-25H,5-6,19H2,1-4H3,(H,30,32);2H2,1H3/t24-;/m0./s1. The van der Waals surface area contributed by atoms with Crippen LogP contribution in [0.15, 0.2) is 88.8 Å². The largest absolute Gasteiger partial charge is 0.458 e. The lowest BCUT2D eigenvalue weighted by Crippen LogP contribution is -2.46. The van der Waals surface area contributed by atoms with Gasteiger partial charge < -0.3 is 19.4 Å². The van der Waals surface area contributed by atoms with E-state index in [4.69, 9.17) is 4.74 Å². The van der Waals surface area contributed by atoms with Gasteiger partial charge in [0.1, 0.15) is 17.2 Å². The molecule has 0 saturated carbocycles. The molecule has 0 fully saturated rings. The van der Waals surface area contributed by atoms with Gasteiger partial charge in [0.25, 0.3) is 11.5 Å². The molecule has 0 aliphatic rings. The number of nitrogens with one attached hydrogen (secondary N) is 1. The molecule has 0 aliphatic heterocycles. The molecule has 1 heterocycles. The molecule has 43 heavy (non-hydrogen) atoms. The van der Waals surface area contributed by atoms with Crippen LogP contribution in [0.2, 0.25) is 0 Å². The number of pyridine rings is 1. The number of nitrogens with zero attached hydrogens (tertiary/aromatic N) is 2. The fourth-order valence-corrected chi connectivity index (χ4v) is 4.20. The van der Waals surface area contributed by atoms with E-state index < -0.39 is 41.2 Å². The maximum Gasteiger partial charge on any atom is 0.442 e. The maximum atomic E-state index is 13.6. The lowest BCUT2D eigenvalue weighted by Gasteiger charge is -2.25. The molecule has 0 spiro atoms. The van der Waals surface area contributed by atoms with Gasteiger partial charge in [0.15, 0.2) is 0 Å². The fourth-order valence-electron chi connectivity index (χ4n) is 4.13. The van der Waals surface area contributed by atoms with Crippen LogP contribution in [0.25, 0.3) is 0 Å². The Kier molecular flexibility index (Phi) is 14.2. The van der Waals surface area contributed by atoms with E-state index in [9.17, 15) is 19.2 Å². The van der Waals surface area contributed by atoms with Crippen molar-refractivity contribution in [3.05, 3.63) is 106 Å². The highest BCUT2D eigenvalue weighted by atomic mass is 32.1. The van der Waals surface area contributed by atoms with Crippen LogP contribution < -0.4 is 10.9 Å². The predicted molar refractivity (Wildman–Crippen MR) is 169 cm³/mol. The van der Waals surface area contributed by atoms with E-state index in [1.807, 2.05) is 72.7 Å². The third-order valence-electron chi connectivity index (χ3n) is 5.98. The van der Waals surface area contributed by atoms with Gasteiger partial charge in [0.05, 0.1) is 17.8 Å². The molecule has 3 rings (SSSR count). The monoisotopic (exact) mass is 605 g/mol. The number of rotatable bonds is 10. The zero-order valence-electron chi connectivity index (χ0n) is 25.2. The first kappa shape index (κ1) is 34.8. The van der Waals surface area contributed by atoms with Gasteiger partial charge in [-0.2, -0.15) is 0 Å². The third-order valence-corrected chi connectivity index (χ3v) is 6.07. The zero-order chi connectivity index (χ0) is 31.8. The predicted octanol–water partition coefficient (Wildman–Crippen LogP) is 6.36. The van der Waals surface area contributed by atoms with E-state index in [2.05, 4.69) is 27.3 Å². The van der Waals surface area contributed by atoms with Crippen LogP contribution in [-0.4, -0.2) is 45.9 Å². The van der Waals surface area contributed by atoms with Crippen molar-refractivity contribution in [2.45, 2.75) is 71.6 Å². The minimum Gasteiger partial charge on any atom is -0.458 e. The van der Waals surface area contributed by atoms with Gasteiger partial charge in [-0.3, -0.25) is 9.59 Å². The van der Waals surface area contributed by atoms with E-state index in [0.29, 0.717) is 13.0 Å². The molecule has 1 N–H and O–H groups in total. The van der Waals surface area contributed by atoms with Crippen molar-refractivity contribution in [1.82, 2.24) is 9.88 Å². The van der Waals surface area contributed by atoms with Gasteiger partial charge in [-0.05, 0) is 69.6 Å². The summed E-state index contributed by atoms with van der Waals surface area (Å²) < 4.78 is 11.4. The van der Waals surface area contributed by atoms with Crippen LogP contribution in [0.4, 0.5) is 4.79 Å². The van der Waals surface area contributed by atoms with E-state index in [0.717, 1.165) is 24.0 Å². The molecule has 3 aromatic rings. The van der Waals surface area contributed by atoms with Crippen LogP contribution in [0.5, 0.6) is 0 Å². The SMILES string of the molecule is CCCC[C@H](NC(=O)c1cccn(C(c2ccccc2)c2ccccc2)c1=O)C(=O)OC(C)(C)C.CCOC(=O)N=C=S. The molecule has 0 aliphatic carbocycles. The number of ether oxygens (including phenoxy) is 2. The number of isothiocyanates is 1. The summed E-state index contributed by atoms with van der Waals surface area (Å²) in [4.78, 5) is 52.7. The summed E-state index contributed by atoms with van der Waals surface area (Å²) >= 11 is 4.12. The lowest BCUT2D eigenvalue weighted by molar-refractivity contribution is -0.157. The number of thiocarbonyl (C=S) groups is 1. The number of hydrogen-bond acceptors (Lipinski definition) is 7. The Balaban J connectivity index is 0.000000708. The number of amides is 2. The average molecular weight is 606 g/mol. The van der Waals surface area contributed by atoms with Gasteiger partial charge >= 0.3 is 12.1 Å². The molecule has 2 aromatic carbocycles.